The van der Waals surface area contributed by atoms with E-state index in [1.165, 1.54) is 13.3 Å². The smallest absolute Gasteiger partial charge is 0.416 e. The maximum Gasteiger partial charge on any atom is 0.416 e. The van der Waals surface area contributed by atoms with E-state index < -0.39 is 59.4 Å². The highest BCUT2D eigenvalue weighted by molar-refractivity contribution is 9.10. The van der Waals surface area contributed by atoms with Gasteiger partial charge in [0.1, 0.15) is 23.7 Å². The number of amides is 2. The minimum Gasteiger partial charge on any atom is -0.481 e. The first-order valence-corrected chi connectivity index (χ1v) is 12.8. The Labute approximate surface area is 248 Å². The number of oxazole rings is 1. The third kappa shape index (κ3) is 7.38. The predicted octanol–water partition coefficient (Wildman–Crippen LogP) is 5.95. The number of hydrogen-bond donors (Lipinski definition) is 2. The lowest BCUT2D eigenvalue weighted by molar-refractivity contribution is -0.137. The van der Waals surface area contributed by atoms with Crippen molar-refractivity contribution in [3.63, 3.8) is 0 Å². The zero-order valence-corrected chi connectivity index (χ0v) is 23.5. The van der Waals surface area contributed by atoms with Crippen LogP contribution in [0.15, 0.2) is 63.8 Å². The Bertz CT molecular complexity index is 1630. The van der Waals surface area contributed by atoms with Crippen molar-refractivity contribution < 1.29 is 50.2 Å². The number of carbonyl (C=O) groups is 2. The number of nitrogens with two attached hydrogens (primary N) is 1. The molecule has 0 saturated carbocycles. The molecule has 2 aromatic heterocycles. The number of pyridine rings is 1. The SMILES string of the molecule is COc1ncccc1CNC(=O)OCC(Oc1ccc(F)c(C(N)=O)c1F)c1nc(-c2ccc(C(F)(F)F)cc2)c(Br)o1. The Balaban J connectivity index is 1.60. The number of halogens is 6. The monoisotopic (exact) mass is 670 g/mol. The second kappa shape index (κ2) is 13.1. The minimum absolute atomic E-state index is 0.0404. The van der Waals surface area contributed by atoms with E-state index in [0.29, 0.717) is 5.56 Å². The molecule has 0 aliphatic heterocycles. The number of nitrogens with one attached hydrogen (secondary N) is 1. The van der Waals surface area contributed by atoms with Gasteiger partial charge in [-0.1, -0.05) is 18.2 Å². The fourth-order valence-electron chi connectivity index (χ4n) is 3.72. The molecule has 2 heterocycles. The molecule has 43 heavy (non-hydrogen) atoms. The van der Waals surface area contributed by atoms with E-state index in [4.69, 9.17) is 24.4 Å². The Hall–Kier alpha value is -4.73. The molecule has 16 heteroatoms. The number of hydrogen-bond acceptors (Lipinski definition) is 8. The van der Waals surface area contributed by atoms with Gasteiger partial charge in [0.15, 0.2) is 16.2 Å². The van der Waals surface area contributed by atoms with Crippen LogP contribution in [0.5, 0.6) is 11.6 Å². The molecule has 0 spiro atoms. The summed E-state index contributed by atoms with van der Waals surface area (Å²) >= 11 is 3.13. The van der Waals surface area contributed by atoms with Gasteiger partial charge in [-0.15, -0.1) is 0 Å². The molecule has 3 N–H and O–H groups in total. The molecule has 10 nitrogen and oxygen atoms in total. The first-order valence-electron chi connectivity index (χ1n) is 12.1. The fraction of sp³-hybridized carbons (Fsp3) is 0.185. The maximum absolute atomic E-state index is 15.0. The maximum atomic E-state index is 15.0. The number of benzene rings is 2. The van der Waals surface area contributed by atoms with E-state index in [1.54, 1.807) is 12.1 Å². The molecule has 0 fully saturated rings. The van der Waals surface area contributed by atoms with Crippen LogP contribution in [-0.2, 0) is 17.5 Å². The Morgan fingerprint density at radius 2 is 1.84 bits per heavy atom. The fourth-order valence-corrected chi connectivity index (χ4v) is 4.20. The molecule has 4 aromatic rings. The summed E-state index contributed by atoms with van der Waals surface area (Å²) in [6.07, 6.45) is -5.52. The average molecular weight is 671 g/mol. The largest absolute Gasteiger partial charge is 0.481 e. The van der Waals surface area contributed by atoms with Gasteiger partial charge in [-0.25, -0.2) is 23.5 Å². The van der Waals surface area contributed by atoms with Crippen molar-refractivity contribution in [3.8, 4) is 22.9 Å². The van der Waals surface area contributed by atoms with Crippen molar-refractivity contribution in [1.82, 2.24) is 15.3 Å². The zero-order valence-electron chi connectivity index (χ0n) is 21.9. The number of carbonyl (C=O) groups excluding carboxylic acids is 2. The molecule has 1 atom stereocenters. The molecule has 4 rings (SSSR count). The normalized spacial score (nSPS) is 12.0. The molecule has 0 aliphatic rings. The van der Waals surface area contributed by atoms with E-state index in [1.807, 2.05) is 0 Å². The molecule has 0 bridgehead atoms. The van der Waals surface area contributed by atoms with Crippen LogP contribution < -0.4 is 20.5 Å². The van der Waals surface area contributed by atoms with Crippen molar-refractivity contribution in [2.24, 2.45) is 5.73 Å². The van der Waals surface area contributed by atoms with Crippen molar-refractivity contribution in [2.75, 3.05) is 13.7 Å². The third-order valence-corrected chi connectivity index (χ3v) is 6.30. The van der Waals surface area contributed by atoms with Gasteiger partial charge in [-0.2, -0.15) is 13.2 Å². The minimum atomic E-state index is -4.56. The van der Waals surface area contributed by atoms with Crippen LogP contribution in [0.4, 0.5) is 26.7 Å². The summed E-state index contributed by atoms with van der Waals surface area (Å²) in [5.74, 6) is -4.77. The van der Waals surface area contributed by atoms with Crippen LogP contribution in [0.25, 0.3) is 11.3 Å². The van der Waals surface area contributed by atoms with Crippen LogP contribution >= 0.6 is 15.9 Å². The summed E-state index contributed by atoms with van der Waals surface area (Å²) in [4.78, 5) is 32.3. The van der Waals surface area contributed by atoms with Crippen molar-refractivity contribution in [1.29, 1.82) is 0 Å². The van der Waals surface area contributed by atoms with Crippen LogP contribution in [-0.4, -0.2) is 35.7 Å². The van der Waals surface area contributed by atoms with Crippen LogP contribution in [0.2, 0.25) is 0 Å². The quantitative estimate of drug-likeness (QED) is 0.197. The van der Waals surface area contributed by atoms with Crippen molar-refractivity contribution >= 4 is 27.9 Å². The summed E-state index contributed by atoms with van der Waals surface area (Å²) in [6, 6.07) is 8.88. The highest BCUT2D eigenvalue weighted by Gasteiger charge is 2.31. The number of alkyl halides is 3. The molecule has 1 unspecified atom stereocenters. The van der Waals surface area contributed by atoms with Crippen LogP contribution in [0.3, 0.4) is 0 Å². The lowest BCUT2D eigenvalue weighted by Gasteiger charge is -2.18. The molecule has 0 aliphatic carbocycles. The van der Waals surface area contributed by atoms with E-state index in [0.717, 1.165) is 36.4 Å². The van der Waals surface area contributed by atoms with E-state index in [-0.39, 0.29) is 34.2 Å². The zero-order chi connectivity index (χ0) is 31.3. The average Bonchev–Trinajstić information content (AvgIpc) is 3.36. The van der Waals surface area contributed by atoms with Crippen molar-refractivity contribution in [3.05, 3.63) is 93.6 Å². The second-order valence-corrected chi connectivity index (χ2v) is 9.30. The third-order valence-electron chi connectivity index (χ3n) is 5.77. The van der Waals surface area contributed by atoms with Gasteiger partial charge in [-0.05, 0) is 46.3 Å². The summed E-state index contributed by atoms with van der Waals surface area (Å²) in [7, 11) is 1.40. The van der Waals surface area contributed by atoms with E-state index in [9.17, 15) is 31.5 Å². The lowest BCUT2D eigenvalue weighted by Crippen LogP contribution is -2.27. The van der Waals surface area contributed by atoms with Gasteiger partial charge in [0.25, 0.3) is 5.91 Å². The van der Waals surface area contributed by atoms with Gasteiger partial charge in [0, 0.05) is 17.3 Å². The second-order valence-electron chi connectivity index (χ2n) is 8.58. The number of methoxy groups -OCH3 is 1. The highest BCUT2D eigenvalue weighted by Crippen LogP contribution is 2.36. The number of aromatic nitrogens is 2. The van der Waals surface area contributed by atoms with Gasteiger partial charge in [0.2, 0.25) is 17.9 Å². The number of primary amides is 1. The van der Waals surface area contributed by atoms with Gasteiger partial charge in [-0.3, -0.25) is 4.79 Å². The number of rotatable bonds is 10. The standard InChI is InChI=1S/C27H20BrF5N4O6/c1-40-24-14(3-2-10-35-24)11-36-26(39)41-12-18(42-17-9-8-16(29)19(20(17)30)23(34)38)25-37-21(22(28)43-25)13-4-6-15(7-5-13)27(31,32)33/h2-10,18H,11-12H2,1H3,(H2,34,38)(H,36,39). The molecule has 0 saturated heterocycles. The number of nitrogens with zero attached hydrogens (tertiary/aromatic N) is 2. The number of ether oxygens (including phenoxy) is 3. The van der Waals surface area contributed by atoms with E-state index >= 15 is 0 Å². The first-order chi connectivity index (χ1) is 20.4. The molecular formula is C27H20BrF5N4O6. The van der Waals surface area contributed by atoms with Crippen LogP contribution in [0, 0.1) is 11.6 Å². The summed E-state index contributed by atoms with van der Waals surface area (Å²) in [6.45, 7) is -0.698. The molecular weight excluding hydrogens is 651 g/mol. The lowest BCUT2D eigenvalue weighted by atomic mass is 10.1. The highest BCUT2D eigenvalue weighted by atomic mass is 79.9. The Kier molecular flexibility index (Phi) is 9.48. The van der Waals surface area contributed by atoms with Gasteiger partial charge in [0.05, 0.1) is 19.2 Å². The topological polar surface area (TPSA) is 139 Å². The summed E-state index contributed by atoms with van der Waals surface area (Å²) < 4.78 is 89.4. The molecule has 2 amide bonds. The van der Waals surface area contributed by atoms with E-state index in [2.05, 4.69) is 31.2 Å². The molecule has 226 valence electrons. The van der Waals surface area contributed by atoms with Gasteiger partial charge < -0.3 is 29.7 Å². The van der Waals surface area contributed by atoms with Crippen molar-refractivity contribution in [2.45, 2.75) is 18.8 Å². The Morgan fingerprint density at radius 1 is 1.12 bits per heavy atom. The molecule has 0 radical (unpaired) electrons. The predicted molar refractivity (Wildman–Crippen MR) is 142 cm³/mol. The summed E-state index contributed by atoms with van der Waals surface area (Å²) in [5.41, 5.74) is 3.90. The molecule has 2 aromatic carbocycles. The van der Waals surface area contributed by atoms with Crippen LogP contribution in [0.1, 0.15) is 33.5 Å². The Morgan fingerprint density at radius 3 is 2.49 bits per heavy atom. The first kappa shape index (κ1) is 31.2. The summed E-state index contributed by atoms with van der Waals surface area (Å²) in [5, 5.41) is 2.47. The number of alkyl carbamates (subject to hydrolysis) is 1. The van der Waals surface area contributed by atoms with Gasteiger partial charge >= 0.3 is 12.3 Å².